The molecule has 3 atom stereocenters. The van der Waals surface area contributed by atoms with Gasteiger partial charge in [0.1, 0.15) is 17.2 Å². The molecular formula is C22H21F4N3O3. The summed E-state index contributed by atoms with van der Waals surface area (Å²) >= 11 is 0. The van der Waals surface area contributed by atoms with Crippen molar-refractivity contribution < 1.29 is 31.9 Å². The third-order valence-corrected chi connectivity index (χ3v) is 6.92. The number of benzene rings is 1. The fourth-order valence-electron chi connectivity index (χ4n) is 5.42. The minimum atomic E-state index is -2.83. The van der Waals surface area contributed by atoms with Crippen LogP contribution in [0.2, 0.25) is 0 Å². The second kappa shape index (κ2) is 7.68. The maximum absolute atomic E-state index is 13.7. The largest absolute Gasteiger partial charge is 0.363 e. The molecule has 0 N–H and O–H groups in total. The molecule has 3 heterocycles. The Morgan fingerprint density at radius 2 is 1.81 bits per heavy atom. The van der Waals surface area contributed by atoms with Crippen molar-refractivity contribution in [2.24, 2.45) is 5.92 Å². The van der Waals surface area contributed by atoms with Gasteiger partial charge in [-0.1, -0.05) is 0 Å². The molecule has 1 saturated carbocycles. The molecule has 1 aromatic carbocycles. The Labute approximate surface area is 181 Å². The zero-order chi connectivity index (χ0) is 22.6. The van der Waals surface area contributed by atoms with Crippen LogP contribution in [0.15, 0.2) is 30.5 Å². The lowest BCUT2D eigenvalue weighted by Gasteiger charge is -2.38. The molecule has 32 heavy (non-hydrogen) atoms. The van der Waals surface area contributed by atoms with Crippen LogP contribution in [0, 0.1) is 17.6 Å². The van der Waals surface area contributed by atoms with E-state index in [1.165, 1.54) is 23.1 Å². The smallest absolute Gasteiger partial charge is 0.333 e. The lowest BCUT2D eigenvalue weighted by Crippen LogP contribution is -2.50. The van der Waals surface area contributed by atoms with Gasteiger partial charge >= 0.3 is 6.55 Å². The van der Waals surface area contributed by atoms with Crippen molar-refractivity contribution in [1.29, 1.82) is 0 Å². The maximum atomic E-state index is 13.7. The van der Waals surface area contributed by atoms with Crippen LogP contribution in [0.4, 0.5) is 17.6 Å². The van der Waals surface area contributed by atoms with E-state index >= 15 is 0 Å². The zero-order valence-corrected chi connectivity index (χ0v) is 17.0. The molecule has 10 heteroatoms. The highest BCUT2D eigenvalue weighted by Crippen LogP contribution is 2.52. The first-order valence-corrected chi connectivity index (χ1v) is 10.6. The number of hydrogen-bond acceptors (Lipinski definition) is 4. The van der Waals surface area contributed by atoms with Crippen LogP contribution >= 0.6 is 0 Å². The molecule has 2 aromatic rings. The molecule has 1 aromatic heterocycles. The molecule has 3 fully saturated rings. The molecule has 1 spiro atoms. The van der Waals surface area contributed by atoms with E-state index in [0.29, 0.717) is 23.1 Å². The first-order chi connectivity index (χ1) is 15.3. The molecule has 1 amide bonds. The minimum Gasteiger partial charge on any atom is -0.363 e. The lowest BCUT2D eigenvalue weighted by molar-refractivity contribution is -0.140. The number of alkyl halides is 2. The molecule has 2 saturated heterocycles. The number of carbonyl (C=O) groups excluding carboxylic acids is 2. The summed E-state index contributed by atoms with van der Waals surface area (Å²) in [5, 5.41) is 3.61. The predicted molar refractivity (Wildman–Crippen MR) is 103 cm³/mol. The fraction of sp³-hybridized carbons (Fsp3) is 0.500. The number of carbonyl (C=O) groups is 2. The molecular weight excluding hydrogens is 430 g/mol. The van der Waals surface area contributed by atoms with Crippen molar-refractivity contribution in [3.05, 3.63) is 53.4 Å². The monoisotopic (exact) mass is 451 g/mol. The quantitative estimate of drug-likeness (QED) is 0.668. The van der Waals surface area contributed by atoms with Crippen LogP contribution < -0.4 is 0 Å². The Morgan fingerprint density at radius 1 is 1.12 bits per heavy atom. The third-order valence-electron chi connectivity index (χ3n) is 6.92. The van der Waals surface area contributed by atoms with Gasteiger partial charge in [0, 0.05) is 38.2 Å². The van der Waals surface area contributed by atoms with Gasteiger partial charge < -0.3 is 9.64 Å². The van der Waals surface area contributed by atoms with Crippen molar-refractivity contribution in [3.8, 4) is 0 Å². The molecule has 3 aliphatic rings. The highest BCUT2D eigenvalue weighted by atomic mass is 19.3. The van der Waals surface area contributed by atoms with Gasteiger partial charge in [-0.3, -0.25) is 9.59 Å². The average Bonchev–Trinajstić information content (AvgIpc) is 3.45. The van der Waals surface area contributed by atoms with Gasteiger partial charge in [0.25, 0.3) is 5.91 Å². The predicted octanol–water partition coefficient (Wildman–Crippen LogP) is 3.69. The number of ether oxygens (including phenoxy) is 1. The number of ketones is 1. The Kier molecular flexibility index (Phi) is 5.07. The number of piperidine rings is 1. The van der Waals surface area contributed by atoms with Gasteiger partial charge in [0.05, 0.1) is 12.0 Å². The second-order valence-corrected chi connectivity index (χ2v) is 8.68. The molecule has 0 bridgehead atoms. The highest BCUT2D eigenvalue weighted by molar-refractivity contribution is 5.95. The lowest BCUT2D eigenvalue weighted by atomic mass is 9.78. The number of likely N-dealkylation sites (tertiary alicyclic amines) is 1. The topological polar surface area (TPSA) is 64.4 Å². The number of halogens is 4. The van der Waals surface area contributed by atoms with E-state index in [1.54, 1.807) is 0 Å². The van der Waals surface area contributed by atoms with E-state index < -0.39 is 35.6 Å². The first kappa shape index (κ1) is 21.1. The minimum absolute atomic E-state index is 0.0787. The zero-order valence-electron chi connectivity index (χ0n) is 17.0. The van der Waals surface area contributed by atoms with Crippen LogP contribution in [0.3, 0.4) is 0 Å². The summed E-state index contributed by atoms with van der Waals surface area (Å²) in [6.07, 6.45) is 2.52. The van der Waals surface area contributed by atoms with E-state index in [9.17, 15) is 27.2 Å². The maximum Gasteiger partial charge on any atom is 0.333 e. The molecule has 1 unspecified atom stereocenters. The van der Waals surface area contributed by atoms with E-state index in [0.717, 1.165) is 12.3 Å². The van der Waals surface area contributed by atoms with Gasteiger partial charge in [-0.2, -0.15) is 13.9 Å². The third kappa shape index (κ3) is 3.41. The van der Waals surface area contributed by atoms with Crippen LogP contribution in [0.1, 0.15) is 54.2 Å². The average molecular weight is 451 g/mol. The molecule has 6 nitrogen and oxygen atoms in total. The van der Waals surface area contributed by atoms with Crippen molar-refractivity contribution in [3.63, 3.8) is 0 Å². The van der Waals surface area contributed by atoms with Crippen LogP contribution in [-0.4, -0.2) is 51.2 Å². The van der Waals surface area contributed by atoms with Crippen LogP contribution in [0.25, 0.3) is 0 Å². The summed E-state index contributed by atoms with van der Waals surface area (Å²) in [5.41, 5.74) is -0.643. The van der Waals surface area contributed by atoms with E-state index in [1.807, 2.05) is 0 Å². The van der Waals surface area contributed by atoms with E-state index in [4.69, 9.17) is 4.74 Å². The van der Waals surface area contributed by atoms with Gasteiger partial charge in [-0.25, -0.2) is 13.5 Å². The number of Topliss-reactive ketones (excluding diaryl/α,β-unsaturated/α-hetero) is 1. The number of amides is 1. The van der Waals surface area contributed by atoms with Gasteiger partial charge in [-0.15, -0.1) is 0 Å². The number of hydrogen-bond donors (Lipinski definition) is 0. The summed E-state index contributed by atoms with van der Waals surface area (Å²) in [5.74, 6) is -2.69. The van der Waals surface area contributed by atoms with Gasteiger partial charge in [0.15, 0.2) is 11.5 Å². The van der Waals surface area contributed by atoms with Gasteiger partial charge in [-0.05, 0) is 42.5 Å². The Balaban J connectivity index is 1.29. The Morgan fingerprint density at radius 3 is 2.44 bits per heavy atom. The fourth-order valence-corrected chi connectivity index (χ4v) is 5.42. The summed E-state index contributed by atoms with van der Waals surface area (Å²) in [6.45, 7) is -2.38. The van der Waals surface area contributed by atoms with E-state index in [2.05, 4.69) is 5.10 Å². The summed E-state index contributed by atoms with van der Waals surface area (Å²) in [4.78, 5) is 27.5. The normalized spacial score (nSPS) is 26.8. The standard InChI is InChI=1S/C22H21F4N3O3/c23-13-9-12(10-14(24)11-13)15-1-2-17-18(15)19(30)22(32-17)4-7-28(8-5-22)20(31)16-3-6-29(27-16)21(25)26/h3,6,9-11,15,17-18,21H,1-2,4-5,7-8H2/t15-,17+,18?/m0/s1. The van der Waals surface area contributed by atoms with Crippen molar-refractivity contribution in [2.45, 2.75) is 49.9 Å². The molecule has 2 aliphatic heterocycles. The Hall–Kier alpha value is -2.75. The van der Waals surface area contributed by atoms with Crippen molar-refractivity contribution in [1.82, 2.24) is 14.7 Å². The molecule has 170 valence electrons. The summed E-state index contributed by atoms with van der Waals surface area (Å²) < 4.78 is 59.5. The number of fused-ring (bicyclic) bond motifs is 1. The highest BCUT2D eigenvalue weighted by Gasteiger charge is 2.59. The van der Waals surface area contributed by atoms with E-state index in [-0.39, 0.29) is 49.4 Å². The van der Waals surface area contributed by atoms with Crippen LogP contribution in [0.5, 0.6) is 0 Å². The second-order valence-electron chi connectivity index (χ2n) is 8.68. The first-order valence-electron chi connectivity index (χ1n) is 10.6. The summed E-state index contributed by atoms with van der Waals surface area (Å²) in [7, 11) is 0. The molecule has 0 radical (unpaired) electrons. The molecule has 5 rings (SSSR count). The molecule has 1 aliphatic carbocycles. The van der Waals surface area contributed by atoms with Crippen molar-refractivity contribution >= 4 is 11.7 Å². The SMILES string of the molecule is O=C(c1ccn(C(F)F)n1)N1CCC2(CC1)O[C@@H]1CC[C@@H](c3cc(F)cc(F)c3)C1C2=O. The van der Waals surface area contributed by atoms with Gasteiger partial charge in [0.2, 0.25) is 0 Å². The van der Waals surface area contributed by atoms with Crippen molar-refractivity contribution in [2.75, 3.05) is 13.1 Å². The number of rotatable bonds is 3. The Bertz CT molecular complexity index is 1040. The van der Waals surface area contributed by atoms with Crippen LogP contribution in [-0.2, 0) is 9.53 Å². The number of nitrogens with zero attached hydrogens (tertiary/aromatic N) is 3. The summed E-state index contributed by atoms with van der Waals surface area (Å²) in [6, 6.07) is 4.59. The number of aromatic nitrogens is 2.